The lowest BCUT2D eigenvalue weighted by molar-refractivity contribution is -0.142. The van der Waals surface area contributed by atoms with E-state index in [4.69, 9.17) is 9.47 Å². The standard InChI is InChI=1S/C24H25N3O6S2/c1-15(23(29)30)22(16-6-7-19-20(10-16)33-14-32-19)26-24(31)25-11-21(28)27(12-17-4-2-8-34-17)13-18-5-3-9-35-18/h2-10,15,22H,11-14H2,1H3,(H,29,30)(H2,25,26,31)/t15?,22-/m0/s1. The highest BCUT2D eigenvalue weighted by atomic mass is 32.1. The molecule has 1 aliphatic rings. The molecule has 0 saturated heterocycles. The van der Waals surface area contributed by atoms with Crippen molar-refractivity contribution in [1.29, 1.82) is 0 Å². The summed E-state index contributed by atoms with van der Waals surface area (Å²) >= 11 is 3.12. The molecule has 0 spiro atoms. The summed E-state index contributed by atoms with van der Waals surface area (Å²) in [5, 5.41) is 18.8. The van der Waals surface area contributed by atoms with Crippen molar-refractivity contribution in [2.45, 2.75) is 26.1 Å². The van der Waals surface area contributed by atoms with E-state index in [0.717, 1.165) is 9.75 Å². The van der Waals surface area contributed by atoms with Crippen molar-refractivity contribution < 1.29 is 29.0 Å². The van der Waals surface area contributed by atoms with Gasteiger partial charge in [-0.3, -0.25) is 9.59 Å². The predicted octanol–water partition coefficient (Wildman–Crippen LogP) is 3.83. The van der Waals surface area contributed by atoms with Crippen molar-refractivity contribution >= 4 is 40.6 Å². The molecule has 1 aromatic carbocycles. The number of thiophene rings is 2. The molecule has 9 nitrogen and oxygen atoms in total. The second-order valence-corrected chi connectivity index (χ2v) is 10.0. The van der Waals surface area contributed by atoms with Crippen LogP contribution in [0, 0.1) is 5.92 Å². The maximum atomic E-state index is 13.0. The average molecular weight is 516 g/mol. The van der Waals surface area contributed by atoms with Gasteiger partial charge < -0.3 is 30.1 Å². The van der Waals surface area contributed by atoms with Crippen molar-refractivity contribution in [1.82, 2.24) is 15.5 Å². The molecule has 184 valence electrons. The number of nitrogens with one attached hydrogen (secondary N) is 2. The molecule has 2 atom stereocenters. The molecule has 35 heavy (non-hydrogen) atoms. The van der Waals surface area contributed by atoms with Gasteiger partial charge >= 0.3 is 12.0 Å². The Morgan fingerprint density at radius 1 is 1.03 bits per heavy atom. The monoisotopic (exact) mass is 515 g/mol. The van der Waals surface area contributed by atoms with E-state index in [0.29, 0.717) is 30.2 Å². The number of carbonyl (C=O) groups is 3. The Morgan fingerprint density at radius 2 is 1.69 bits per heavy atom. The number of nitrogens with zero attached hydrogens (tertiary/aromatic N) is 1. The Morgan fingerprint density at radius 3 is 2.29 bits per heavy atom. The number of carbonyl (C=O) groups excluding carboxylic acids is 2. The molecule has 1 aliphatic heterocycles. The summed E-state index contributed by atoms with van der Waals surface area (Å²) in [4.78, 5) is 41.2. The first-order valence-corrected chi connectivity index (χ1v) is 12.7. The Hall–Kier alpha value is -3.57. The fraction of sp³-hybridized carbons (Fsp3) is 0.292. The van der Waals surface area contributed by atoms with Crippen LogP contribution in [-0.4, -0.2) is 41.3 Å². The van der Waals surface area contributed by atoms with Crippen LogP contribution in [0.3, 0.4) is 0 Å². The highest BCUT2D eigenvalue weighted by Gasteiger charge is 2.29. The number of rotatable bonds is 10. The summed E-state index contributed by atoms with van der Waals surface area (Å²) in [6.45, 7) is 2.24. The van der Waals surface area contributed by atoms with Crippen molar-refractivity contribution in [2.24, 2.45) is 5.92 Å². The van der Waals surface area contributed by atoms with Gasteiger partial charge in [0.25, 0.3) is 0 Å². The van der Waals surface area contributed by atoms with Gasteiger partial charge in [0, 0.05) is 9.75 Å². The molecule has 2 aromatic heterocycles. The van der Waals surface area contributed by atoms with Crippen molar-refractivity contribution in [3.8, 4) is 11.5 Å². The lowest BCUT2D eigenvalue weighted by atomic mass is 9.94. The van der Waals surface area contributed by atoms with Gasteiger partial charge in [0.05, 0.1) is 31.6 Å². The van der Waals surface area contributed by atoms with Gasteiger partial charge in [-0.2, -0.15) is 0 Å². The number of urea groups is 1. The minimum atomic E-state index is -1.07. The third kappa shape index (κ3) is 6.31. The molecule has 3 amide bonds. The first-order chi connectivity index (χ1) is 16.9. The van der Waals surface area contributed by atoms with Crippen LogP contribution in [0.4, 0.5) is 4.79 Å². The Bertz CT molecular complexity index is 1130. The van der Waals surface area contributed by atoms with Gasteiger partial charge in [-0.1, -0.05) is 18.2 Å². The zero-order valence-corrected chi connectivity index (χ0v) is 20.6. The van der Waals surface area contributed by atoms with Gasteiger partial charge in [-0.25, -0.2) is 4.79 Å². The third-order valence-electron chi connectivity index (χ3n) is 5.54. The van der Waals surface area contributed by atoms with Crippen molar-refractivity contribution in [2.75, 3.05) is 13.3 Å². The Kier molecular flexibility index (Phi) is 7.88. The topological polar surface area (TPSA) is 117 Å². The molecule has 3 aromatic rings. The number of carboxylic acid groups (broad SMARTS) is 1. The van der Waals surface area contributed by atoms with Crippen LogP contribution >= 0.6 is 22.7 Å². The SMILES string of the molecule is CC(C(=O)O)[C@H](NC(=O)NCC(=O)N(Cc1cccs1)Cc1cccs1)c1ccc2c(c1)OCO2. The molecule has 4 rings (SSSR count). The van der Waals surface area contributed by atoms with Crippen LogP contribution < -0.4 is 20.1 Å². The molecule has 0 saturated carbocycles. The van der Waals surface area contributed by atoms with Crippen LogP contribution in [-0.2, 0) is 22.7 Å². The van der Waals surface area contributed by atoms with Gasteiger partial charge in [0.1, 0.15) is 0 Å². The van der Waals surface area contributed by atoms with E-state index < -0.39 is 24.0 Å². The molecule has 0 radical (unpaired) electrons. The second-order valence-electron chi connectivity index (χ2n) is 7.95. The number of fused-ring (bicyclic) bond motifs is 1. The van der Waals surface area contributed by atoms with Crippen LogP contribution in [0.1, 0.15) is 28.3 Å². The second kappa shape index (κ2) is 11.2. The zero-order valence-electron chi connectivity index (χ0n) is 18.9. The fourth-order valence-corrected chi connectivity index (χ4v) is 5.06. The number of hydrogen-bond donors (Lipinski definition) is 3. The van der Waals surface area contributed by atoms with E-state index in [-0.39, 0.29) is 19.2 Å². The highest BCUT2D eigenvalue weighted by molar-refractivity contribution is 7.10. The minimum absolute atomic E-state index is 0.0847. The first-order valence-electron chi connectivity index (χ1n) is 10.9. The van der Waals surface area contributed by atoms with E-state index in [2.05, 4.69) is 10.6 Å². The van der Waals surface area contributed by atoms with Crippen LogP contribution in [0.2, 0.25) is 0 Å². The first kappa shape index (κ1) is 24.6. The number of amides is 3. The van der Waals surface area contributed by atoms with Crippen molar-refractivity contribution in [3.63, 3.8) is 0 Å². The third-order valence-corrected chi connectivity index (χ3v) is 7.26. The van der Waals surface area contributed by atoms with E-state index in [9.17, 15) is 19.5 Å². The molecule has 3 N–H and O–H groups in total. The lowest BCUT2D eigenvalue weighted by Crippen LogP contribution is -2.46. The van der Waals surface area contributed by atoms with Gasteiger partial charge in [-0.15, -0.1) is 22.7 Å². The predicted molar refractivity (Wildman–Crippen MR) is 132 cm³/mol. The minimum Gasteiger partial charge on any atom is -0.481 e. The lowest BCUT2D eigenvalue weighted by Gasteiger charge is -2.24. The van der Waals surface area contributed by atoms with Gasteiger partial charge in [0.15, 0.2) is 11.5 Å². The summed E-state index contributed by atoms with van der Waals surface area (Å²) in [6.07, 6.45) is 0. The van der Waals surface area contributed by atoms with Crippen molar-refractivity contribution in [3.05, 3.63) is 68.5 Å². The van der Waals surface area contributed by atoms with E-state index in [1.807, 2.05) is 35.0 Å². The number of benzene rings is 1. The molecule has 0 fully saturated rings. The molecule has 1 unspecified atom stereocenters. The number of hydrogen-bond acceptors (Lipinski definition) is 7. The molecule has 11 heteroatoms. The van der Waals surface area contributed by atoms with E-state index in [1.165, 1.54) is 6.92 Å². The number of ether oxygens (including phenoxy) is 2. The van der Waals surface area contributed by atoms with Crippen LogP contribution in [0.5, 0.6) is 11.5 Å². The normalized spacial score (nSPS) is 13.6. The quantitative estimate of drug-likeness (QED) is 0.378. The Labute approximate surface area is 210 Å². The maximum absolute atomic E-state index is 13.0. The van der Waals surface area contributed by atoms with Crippen LogP contribution in [0.25, 0.3) is 0 Å². The van der Waals surface area contributed by atoms with Crippen LogP contribution in [0.15, 0.2) is 53.2 Å². The molecular weight excluding hydrogens is 490 g/mol. The average Bonchev–Trinajstić information content (AvgIpc) is 3.62. The summed E-state index contributed by atoms with van der Waals surface area (Å²) in [6, 6.07) is 11.3. The largest absolute Gasteiger partial charge is 0.481 e. The van der Waals surface area contributed by atoms with E-state index >= 15 is 0 Å². The number of carboxylic acids is 1. The molecule has 3 heterocycles. The fourth-order valence-electron chi connectivity index (χ4n) is 3.62. The summed E-state index contributed by atoms with van der Waals surface area (Å²) in [5.74, 6) is -1.19. The summed E-state index contributed by atoms with van der Waals surface area (Å²) < 4.78 is 10.7. The smallest absolute Gasteiger partial charge is 0.315 e. The van der Waals surface area contributed by atoms with Gasteiger partial charge in [0.2, 0.25) is 12.7 Å². The highest BCUT2D eigenvalue weighted by Crippen LogP contribution is 2.35. The van der Waals surface area contributed by atoms with Gasteiger partial charge in [-0.05, 0) is 47.5 Å². The zero-order chi connectivity index (χ0) is 24.8. The summed E-state index contributed by atoms with van der Waals surface area (Å²) in [5.41, 5.74) is 0.558. The summed E-state index contributed by atoms with van der Waals surface area (Å²) in [7, 11) is 0. The Balaban J connectivity index is 1.40. The van der Waals surface area contributed by atoms with E-state index in [1.54, 1.807) is 45.8 Å². The number of aliphatic carboxylic acids is 1. The molecule has 0 bridgehead atoms. The maximum Gasteiger partial charge on any atom is 0.315 e. The molecule has 0 aliphatic carbocycles. The molecular formula is C24H25N3O6S2.